The van der Waals surface area contributed by atoms with Gasteiger partial charge in [-0.2, -0.15) is 0 Å². The maximum absolute atomic E-state index is 14.6. The Hall–Kier alpha value is -2.24. The van der Waals surface area contributed by atoms with Gasteiger partial charge >= 0.3 is 5.97 Å². The van der Waals surface area contributed by atoms with Gasteiger partial charge in [-0.1, -0.05) is 59.6 Å². The molecular weight excluding hydrogens is 1280 g/mol. The van der Waals surface area contributed by atoms with E-state index < -0.39 is 244 Å². The molecule has 31 nitrogen and oxygen atoms in total. The largest absolute Gasteiger partial charge is 0.458 e. The van der Waals surface area contributed by atoms with E-state index in [1.807, 2.05) is 6.92 Å². The number of hydrogen-bond acceptors (Lipinski definition) is 31. The Kier molecular flexibility index (Phi) is 22.5. The maximum atomic E-state index is 14.6. The molecule has 36 atom stereocenters. The minimum atomic E-state index is -2.03. The average molecular weight is 1380 g/mol. The van der Waals surface area contributed by atoms with Crippen LogP contribution < -0.4 is 0 Å². The third-order valence-electron chi connectivity index (χ3n) is 23.9. The summed E-state index contributed by atoms with van der Waals surface area (Å²) in [6.45, 7) is 12.7. The van der Waals surface area contributed by atoms with Gasteiger partial charge in [0.2, 0.25) is 0 Å². The number of esters is 1. The summed E-state index contributed by atoms with van der Waals surface area (Å²) >= 11 is 0. The number of carbonyl (C=O) groups is 2. The van der Waals surface area contributed by atoms with Gasteiger partial charge in [-0.25, -0.2) is 0 Å². The quantitative estimate of drug-likeness (QED) is 0.0315. The van der Waals surface area contributed by atoms with E-state index in [0.29, 0.717) is 44.4 Å². The molecule has 4 aliphatic carbocycles. The first-order valence-electron chi connectivity index (χ1n) is 34.0. The molecule has 0 radical (unpaired) electrons. The van der Waals surface area contributed by atoms with Crippen molar-refractivity contribution in [1.82, 2.24) is 0 Å². The number of aliphatic hydroxyl groups is 15. The van der Waals surface area contributed by atoms with E-state index in [9.17, 15) is 86.2 Å². The minimum absolute atomic E-state index is 0.0495. The molecule has 1 spiro atoms. The molecule has 96 heavy (non-hydrogen) atoms. The Morgan fingerprint density at radius 1 is 0.562 bits per heavy atom. The zero-order chi connectivity index (χ0) is 69.8. The number of cyclic esters (lactones) is 1. The summed E-state index contributed by atoms with van der Waals surface area (Å²) in [4.78, 5) is 29.1. The molecule has 0 amide bonds. The van der Waals surface area contributed by atoms with Crippen LogP contribution >= 0.6 is 0 Å². The van der Waals surface area contributed by atoms with E-state index in [4.69, 9.17) is 66.3 Å². The molecule has 0 aromatic carbocycles. The predicted molar refractivity (Wildman–Crippen MR) is 320 cm³/mol. The number of Topliss-reactive ketones (excluding diaryl/α,β-unsaturated/α-hetero) is 1. The topological polar surface area (TPSA) is 467 Å². The molecule has 15 N–H and O–H groups in total. The van der Waals surface area contributed by atoms with E-state index >= 15 is 0 Å². The lowest BCUT2D eigenvalue weighted by Crippen LogP contribution is -2.67. The molecule has 31 heteroatoms. The first kappa shape index (κ1) is 74.9. The Morgan fingerprint density at radius 3 is 1.76 bits per heavy atom. The van der Waals surface area contributed by atoms with Crippen molar-refractivity contribution in [2.45, 2.75) is 297 Å². The van der Waals surface area contributed by atoms with E-state index in [1.54, 1.807) is 0 Å². The molecule has 7 aliphatic heterocycles. The van der Waals surface area contributed by atoms with Crippen molar-refractivity contribution >= 4 is 11.8 Å². The summed E-state index contributed by atoms with van der Waals surface area (Å²) in [6, 6.07) is 0. The van der Waals surface area contributed by atoms with E-state index in [0.717, 1.165) is 12.8 Å². The molecule has 7 heterocycles. The molecule has 3 saturated carbocycles. The Balaban J connectivity index is 0.826. The lowest BCUT2D eigenvalue weighted by molar-refractivity contribution is -0.394. The Morgan fingerprint density at radius 2 is 1.11 bits per heavy atom. The molecule has 11 aliphatic rings. The SMILES string of the molecule is CO[C@@H]1[C@@H](O)[C@H](O[C@@H]2[C@@H](O)[C@H](O[C@H]3[C@H](O)[C@@H](O)[C@H](O[C@H]4[C@H](O[C@H]5CC[C@]6(C)C7=CCC89C(=O)O[C@@](C)(CCCC(C)C)[C@H]8C(=O)C[C@@]9(C)[C@@H]7CC[C@H]6C5(C)C)OC[C@@H](O[C@@H]5O[C@H](CO)[C@@H](O)[C@H](O[C@@H]6O[C@H](CO)[C@@H](O)[C@H](O)[C@H]6O)[C@H]5O)[C@@H]4O)O[C@@H]3C)OC[C@H]2O)O[C@H](CO)[C@H]1O. The molecule has 10 fully saturated rings. The summed E-state index contributed by atoms with van der Waals surface area (Å²) in [7, 11) is 1.20. The normalized spacial score (nSPS) is 52.7. The van der Waals surface area contributed by atoms with Gasteiger partial charge in [0.05, 0.1) is 56.6 Å². The number of aliphatic hydroxyl groups excluding tert-OH is 15. The fraction of sp³-hybridized carbons (Fsp3) is 0.938. The first-order valence-corrected chi connectivity index (χ1v) is 34.0. The van der Waals surface area contributed by atoms with Gasteiger partial charge in [0, 0.05) is 13.5 Å². The standard InChI is InChI=1S/C65H104O31/c1-25(2)11-10-16-64(8)53-29(69)19-63(7)28-12-13-35-61(4,5)36(15-17-62(35,6)27(28)14-18-65(53,63)60(82)96-64)91-59-52(40(74)34(24-85-59)90-57-47(81)51(39(73)33(22-68)88-57)94-56-43(77)41(75)37(71)31(20-66)87-56)95-55-44(78)42(76)48(26(3)86-55)92-54-45(79)49(30(70)23-84-54)93-58-46(80)50(83-9)38(72)32(21-67)89-58/h14,25-26,28,30-59,66-68,70-81H,10-13,15-24H2,1-9H3/t26-,28-,30-,31-,32-,33-,34-,35+,36+,37-,38-,39-,40+,41+,42-,43-,44-,45-,46-,47-,48-,49+,50+,51+,52-,53-,54+,55+,56+,57+,58+,59+,62-,63+,64+,65?/m1/s1. The van der Waals surface area contributed by atoms with E-state index in [1.165, 1.54) is 19.6 Å². The molecule has 11 rings (SSSR count). The van der Waals surface area contributed by atoms with Crippen molar-refractivity contribution in [2.75, 3.05) is 40.1 Å². The molecule has 7 saturated heterocycles. The van der Waals surface area contributed by atoms with Gasteiger partial charge in [0.1, 0.15) is 140 Å². The van der Waals surface area contributed by atoms with Crippen LogP contribution in [0.2, 0.25) is 0 Å². The zero-order valence-electron chi connectivity index (χ0n) is 55.8. The minimum Gasteiger partial charge on any atom is -0.458 e. The smallest absolute Gasteiger partial charge is 0.314 e. The van der Waals surface area contributed by atoms with Gasteiger partial charge in [-0.15, -0.1) is 0 Å². The highest BCUT2D eigenvalue weighted by atomic mass is 16.8. The predicted octanol–water partition coefficient (Wildman–Crippen LogP) is -3.84. The molecule has 0 aromatic rings. The van der Waals surface area contributed by atoms with Crippen molar-refractivity contribution < 1.29 is 153 Å². The fourth-order valence-corrected chi connectivity index (χ4v) is 18.6. The second kappa shape index (κ2) is 28.8. The van der Waals surface area contributed by atoms with Gasteiger partial charge in [0.15, 0.2) is 37.7 Å². The van der Waals surface area contributed by atoms with Crippen LogP contribution in [0.15, 0.2) is 11.6 Å². The van der Waals surface area contributed by atoms with Crippen LogP contribution in [0.4, 0.5) is 0 Å². The van der Waals surface area contributed by atoms with Crippen molar-refractivity contribution in [2.24, 2.45) is 45.3 Å². The van der Waals surface area contributed by atoms with Gasteiger partial charge in [-0.3, -0.25) is 9.59 Å². The lowest BCUT2D eigenvalue weighted by Gasteiger charge is -2.63. The summed E-state index contributed by atoms with van der Waals surface area (Å²) in [6.07, 6.45) is -40.6. The highest BCUT2D eigenvalue weighted by molar-refractivity contribution is 5.99. The number of methoxy groups -OCH3 is 1. The highest BCUT2D eigenvalue weighted by Gasteiger charge is 2.79. The van der Waals surface area contributed by atoms with Crippen molar-refractivity contribution in [3.63, 3.8) is 0 Å². The molecule has 0 bridgehead atoms. The van der Waals surface area contributed by atoms with Crippen LogP contribution in [0, 0.1) is 45.3 Å². The van der Waals surface area contributed by atoms with Crippen LogP contribution in [0.3, 0.4) is 0 Å². The van der Waals surface area contributed by atoms with Gasteiger partial charge in [0.25, 0.3) is 0 Å². The maximum Gasteiger partial charge on any atom is 0.314 e. The van der Waals surface area contributed by atoms with Crippen molar-refractivity contribution in [3.05, 3.63) is 11.6 Å². The van der Waals surface area contributed by atoms with E-state index in [-0.39, 0.29) is 30.0 Å². The third kappa shape index (κ3) is 12.8. The van der Waals surface area contributed by atoms with Crippen LogP contribution in [0.5, 0.6) is 0 Å². The summed E-state index contributed by atoms with van der Waals surface area (Å²) in [5.74, 6) is -0.462. The Bertz CT molecular complexity index is 2710. The third-order valence-corrected chi connectivity index (χ3v) is 23.9. The second-order valence-corrected chi connectivity index (χ2v) is 30.4. The first-order chi connectivity index (χ1) is 45.3. The molecule has 1 unspecified atom stereocenters. The van der Waals surface area contributed by atoms with Crippen LogP contribution in [-0.2, 0) is 75.9 Å². The van der Waals surface area contributed by atoms with Crippen LogP contribution in [-0.4, -0.2) is 312 Å². The number of hydrogen-bond donors (Lipinski definition) is 15. The van der Waals surface area contributed by atoms with Crippen molar-refractivity contribution in [1.29, 1.82) is 0 Å². The molecule has 550 valence electrons. The van der Waals surface area contributed by atoms with Crippen molar-refractivity contribution in [3.8, 4) is 0 Å². The van der Waals surface area contributed by atoms with Crippen LogP contribution in [0.25, 0.3) is 0 Å². The number of ketones is 1. The second-order valence-electron chi connectivity index (χ2n) is 30.4. The number of ether oxygens (including phenoxy) is 14. The monoisotopic (exact) mass is 1380 g/mol. The van der Waals surface area contributed by atoms with Gasteiger partial charge in [-0.05, 0) is 92.8 Å². The number of rotatable bonds is 20. The zero-order valence-corrected chi connectivity index (χ0v) is 55.8. The molecule has 0 aromatic heterocycles. The number of allylic oxidation sites excluding steroid dienone is 2. The number of fused-ring (bicyclic) bond motifs is 4. The lowest BCUT2D eigenvalue weighted by atomic mass is 9.41. The van der Waals surface area contributed by atoms with Gasteiger partial charge < -0.3 is 143 Å². The Labute approximate surface area is 556 Å². The molecular formula is C65H104O31. The summed E-state index contributed by atoms with van der Waals surface area (Å²) in [5.41, 5.74) is -2.49. The summed E-state index contributed by atoms with van der Waals surface area (Å²) < 4.78 is 84.2. The van der Waals surface area contributed by atoms with E-state index in [2.05, 4.69) is 47.6 Å². The van der Waals surface area contributed by atoms with Crippen LogP contribution in [0.1, 0.15) is 113 Å². The summed E-state index contributed by atoms with van der Waals surface area (Å²) in [5, 5.41) is 166. The number of carbonyl (C=O) groups excluding carboxylic acids is 2. The fourth-order valence-electron chi connectivity index (χ4n) is 18.6. The highest BCUT2D eigenvalue weighted by Crippen LogP contribution is 2.75. The average Bonchev–Trinajstić information content (AvgIpc) is 1.47.